The molecule has 3 heteroatoms. The second kappa shape index (κ2) is 7.78. The van der Waals surface area contributed by atoms with Crippen LogP contribution in [0.3, 0.4) is 0 Å². The summed E-state index contributed by atoms with van der Waals surface area (Å²) in [5, 5.41) is 0. The number of benzene rings is 1. The second-order valence-electron chi connectivity index (χ2n) is 2.87. The van der Waals surface area contributed by atoms with Crippen LogP contribution in [0.1, 0.15) is 5.56 Å². The molecule has 0 saturated heterocycles. The van der Waals surface area contributed by atoms with Gasteiger partial charge in [0.25, 0.3) is 0 Å². The van der Waals surface area contributed by atoms with Crippen LogP contribution >= 0.6 is 0 Å². The number of hydrogen-bond donors (Lipinski definition) is 0. The van der Waals surface area contributed by atoms with Crippen LogP contribution in [0.4, 0.5) is 0 Å². The zero-order chi connectivity index (χ0) is 10.4. The summed E-state index contributed by atoms with van der Waals surface area (Å²) in [6.45, 7) is 7.43. The summed E-state index contributed by atoms with van der Waals surface area (Å²) in [4.78, 5) is 12.9. The molecule has 0 bridgehead atoms. The van der Waals surface area contributed by atoms with Gasteiger partial charge >= 0.3 is 0 Å². The number of carbonyl (C=O) groups is 1. The van der Waals surface area contributed by atoms with E-state index in [1.165, 1.54) is 4.90 Å². The average molecular weight is 276 g/mol. The molecule has 0 unspecified atom stereocenters. The molecule has 0 atom stereocenters. The maximum atomic E-state index is 11.6. The van der Waals surface area contributed by atoms with E-state index in [0.717, 1.165) is 5.56 Å². The molecule has 0 heterocycles. The predicted molar refractivity (Wildman–Crippen MR) is 56.1 cm³/mol. The topological polar surface area (TPSA) is 20.3 Å². The van der Waals surface area contributed by atoms with Crippen LogP contribution in [0.5, 0.6) is 0 Å². The van der Waals surface area contributed by atoms with E-state index in [9.17, 15) is 4.79 Å². The van der Waals surface area contributed by atoms with Crippen molar-refractivity contribution in [3.05, 3.63) is 55.6 Å². The summed E-state index contributed by atoms with van der Waals surface area (Å²) in [5.74, 6) is -0.0267. The van der Waals surface area contributed by atoms with Crippen LogP contribution < -0.4 is 0 Å². The van der Waals surface area contributed by atoms with Gasteiger partial charge in [-0.25, -0.2) is 0 Å². The molecule has 1 aromatic rings. The van der Waals surface area contributed by atoms with E-state index in [0.29, 0.717) is 13.0 Å². The van der Waals surface area contributed by atoms with Gasteiger partial charge in [-0.15, -0.1) is 6.54 Å². The number of rotatable bonds is 4. The Morgan fingerprint density at radius 3 is 2.47 bits per heavy atom. The van der Waals surface area contributed by atoms with Crippen molar-refractivity contribution < 1.29 is 37.5 Å². The SMILES string of the molecule is C=[C-]N(C[CH2-])C(=O)Cc1ccccc1.[Y]. The maximum Gasteiger partial charge on any atom is 0.0729 e. The second-order valence-corrected chi connectivity index (χ2v) is 2.87. The van der Waals surface area contributed by atoms with Crippen molar-refractivity contribution in [2.24, 2.45) is 0 Å². The predicted octanol–water partition coefficient (Wildman–Crippen LogP) is 1.84. The Hall–Kier alpha value is -0.466. The third-order valence-corrected chi connectivity index (χ3v) is 1.91. The summed E-state index contributed by atoms with van der Waals surface area (Å²) in [6, 6.07) is 9.58. The van der Waals surface area contributed by atoms with Crippen molar-refractivity contribution in [2.45, 2.75) is 6.42 Å². The van der Waals surface area contributed by atoms with Crippen LogP contribution in [-0.2, 0) is 43.9 Å². The van der Waals surface area contributed by atoms with Crippen LogP contribution in [0, 0.1) is 13.1 Å². The molecule has 0 N–H and O–H groups in total. The van der Waals surface area contributed by atoms with E-state index in [1.807, 2.05) is 30.3 Å². The smallest absolute Gasteiger partial charge is 0.0729 e. The van der Waals surface area contributed by atoms with Crippen molar-refractivity contribution in [1.29, 1.82) is 0 Å². The fraction of sp³-hybridized carbons (Fsp3) is 0.167. The fourth-order valence-corrected chi connectivity index (χ4v) is 1.16. The number of hydrogen-bond acceptors (Lipinski definition) is 1. The molecule has 0 spiro atoms. The van der Waals surface area contributed by atoms with Crippen LogP contribution in [0.15, 0.2) is 36.9 Å². The van der Waals surface area contributed by atoms with Crippen molar-refractivity contribution in [1.82, 2.24) is 4.90 Å². The molecular weight excluding hydrogens is 263 g/mol. The van der Waals surface area contributed by atoms with Gasteiger partial charge in [0, 0.05) is 32.7 Å². The Morgan fingerprint density at radius 2 is 2.00 bits per heavy atom. The summed E-state index contributed by atoms with van der Waals surface area (Å²) < 4.78 is 0. The number of nitrogens with zero attached hydrogens (tertiary/aromatic N) is 1. The Bertz CT molecular complexity index is 311. The standard InChI is InChI=1S/C12H13NO.Y/c1-3-13(4-2)12(14)10-11-8-6-5-7-9-11;/h5-9H,1-3,10H2;/q-2;. The van der Waals surface area contributed by atoms with Gasteiger partial charge in [0.15, 0.2) is 0 Å². The molecule has 1 amide bonds. The van der Waals surface area contributed by atoms with Gasteiger partial charge in [0.1, 0.15) is 0 Å². The molecule has 0 aliphatic rings. The fourth-order valence-electron chi connectivity index (χ4n) is 1.16. The van der Waals surface area contributed by atoms with Crippen molar-refractivity contribution in [2.75, 3.05) is 6.54 Å². The van der Waals surface area contributed by atoms with Gasteiger partial charge in [-0.1, -0.05) is 35.9 Å². The molecule has 1 aromatic carbocycles. The van der Waals surface area contributed by atoms with Gasteiger partial charge in [-0.3, -0.25) is 0 Å². The van der Waals surface area contributed by atoms with E-state index >= 15 is 0 Å². The van der Waals surface area contributed by atoms with Crippen LogP contribution in [0.2, 0.25) is 0 Å². The quantitative estimate of drug-likeness (QED) is 0.607. The van der Waals surface area contributed by atoms with Gasteiger partial charge < -0.3 is 16.6 Å². The van der Waals surface area contributed by atoms with Gasteiger partial charge in [-0.2, -0.15) is 12.8 Å². The number of amides is 1. The Labute approximate surface area is 116 Å². The molecule has 0 saturated carbocycles. The maximum absolute atomic E-state index is 11.6. The Morgan fingerprint density at radius 1 is 1.40 bits per heavy atom. The van der Waals surface area contributed by atoms with E-state index in [2.05, 4.69) is 19.7 Å². The van der Waals surface area contributed by atoms with Crippen LogP contribution in [0.25, 0.3) is 0 Å². The van der Waals surface area contributed by atoms with E-state index in [1.54, 1.807) is 0 Å². The normalized spacial score (nSPS) is 8.87. The molecule has 1 radical (unpaired) electrons. The van der Waals surface area contributed by atoms with Gasteiger partial charge in [0.2, 0.25) is 0 Å². The minimum absolute atomic E-state index is 0. The summed E-state index contributed by atoms with van der Waals surface area (Å²) in [7, 11) is 0. The van der Waals surface area contributed by atoms with Crippen molar-refractivity contribution in [3.8, 4) is 0 Å². The molecule has 0 aliphatic carbocycles. The zero-order valence-corrected chi connectivity index (χ0v) is 11.5. The van der Waals surface area contributed by atoms with Crippen molar-refractivity contribution in [3.63, 3.8) is 0 Å². The largest absolute Gasteiger partial charge is 0.509 e. The Balaban J connectivity index is 0.00000196. The molecule has 1 rings (SSSR count). The molecule has 0 aliphatic heterocycles. The molecule has 2 nitrogen and oxygen atoms in total. The monoisotopic (exact) mass is 276 g/mol. The third kappa shape index (κ3) is 4.72. The minimum atomic E-state index is -0.0267. The minimum Gasteiger partial charge on any atom is -0.509 e. The zero-order valence-electron chi connectivity index (χ0n) is 8.65. The van der Waals surface area contributed by atoms with E-state index < -0.39 is 0 Å². The first-order valence-corrected chi connectivity index (χ1v) is 4.44. The van der Waals surface area contributed by atoms with Gasteiger partial charge in [-0.05, 0) is 6.42 Å². The molecule has 15 heavy (non-hydrogen) atoms. The van der Waals surface area contributed by atoms with E-state index in [-0.39, 0.29) is 38.6 Å². The van der Waals surface area contributed by atoms with Crippen LogP contribution in [-0.4, -0.2) is 17.4 Å². The first-order valence-electron chi connectivity index (χ1n) is 4.44. The molecule has 0 aromatic heterocycles. The van der Waals surface area contributed by atoms with Crippen molar-refractivity contribution >= 4 is 5.91 Å². The Kier molecular flexibility index (Phi) is 7.54. The molecule has 0 fully saturated rings. The summed E-state index contributed by atoms with van der Waals surface area (Å²) >= 11 is 0. The average Bonchev–Trinajstić information content (AvgIpc) is 2.21. The van der Waals surface area contributed by atoms with Gasteiger partial charge in [0.05, 0.1) is 5.91 Å². The third-order valence-electron chi connectivity index (χ3n) is 1.91. The first-order chi connectivity index (χ1) is 6.77. The van der Waals surface area contributed by atoms with E-state index in [4.69, 9.17) is 0 Å². The molecule has 77 valence electrons. The summed E-state index contributed by atoms with van der Waals surface area (Å²) in [5.41, 5.74) is 0.992. The summed E-state index contributed by atoms with van der Waals surface area (Å²) in [6.07, 6.45) is 2.92. The first kappa shape index (κ1) is 14.5. The molecular formula is C12H13NOY-2. The number of carbonyl (C=O) groups excluding carboxylic acids is 1.